The summed E-state index contributed by atoms with van der Waals surface area (Å²) in [6, 6.07) is 5.30. The molecule has 0 aliphatic carbocycles. The lowest BCUT2D eigenvalue weighted by molar-refractivity contribution is 0.594. The SMILES string of the molecule is CCCS(=O)(=O)Cc1c(N)cccc1Br. The lowest BCUT2D eigenvalue weighted by atomic mass is 10.2. The maximum absolute atomic E-state index is 11.6. The van der Waals surface area contributed by atoms with Crippen LogP contribution < -0.4 is 5.73 Å². The molecule has 0 saturated heterocycles. The van der Waals surface area contributed by atoms with Gasteiger partial charge in [-0.3, -0.25) is 0 Å². The van der Waals surface area contributed by atoms with Crippen molar-refractivity contribution < 1.29 is 8.42 Å². The molecule has 0 radical (unpaired) electrons. The molecule has 0 saturated carbocycles. The monoisotopic (exact) mass is 291 g/mol. The predicted octanol–water partition coefficient (Wildman–Crippen LogP) is 2.36. The minimum absolute atomic E-state index is 0.00803. The first-order valence-corrected chi connectivity index (χ1v) is 7.31. The number of nitrogens with two attached hydrogens (primary N) is 1. The second-order valence-electron chi connectivity index (χ2n) is 3.40. The summed E-state index contributed by atoms with van der Waals surface area (Å²) in [6.45, 7) is 1.85. The number of anilines is 1. The van der Waals surface area contributed by atoms with Gasteiger partial charge in [0, 0.05) is 15.7 Å². The van der Waals surface area contributed by atoms with Gasteiger partial charge in [0.25, 0.3) is 0 Å². The van der Waals surface area contributed by atoms with Crippen LogP contribution >= 0.6 is 15.9 Å². The second kappa shape index (κ2) is 4.99. The highest BCUT2D eigenvalue weighted by Crippen LogP contribution is 2.24. The first-order chi connectivity index (χ1) is 6.96. The van der Waals surface area contributed by atoms with E-state index >= 15 is 0 Å². The Kier molecular flexibility index (Phi) is 4.16. The van der Waals surface area contributed by atoms with Crippen LogP contribution in [0.5, 0.6) is 0 Å². The maximum Gasteiger partial charge on any atom is 0.154 e. The summed E-state index contributed by atoms with van der Waals surface area (Å²) < 4.78 is 24.0. The third-order valence-corrected chi connectivity index (χ3v) is 4.54. The zero-order valence-corrected chi connectivity index (χ0v) is 10.9. The third-order valence-electron chi connectivity index (χ3n) is 2.03. The third kappa shape index (κ3) is 3.50. The van der Waals surface area contributed by atoms with E-state index in [1.54, 1.807) is 18.2 Å². The van der Waals surface area contributed by atoms with E-state index in [-0.39, 0.29) is 11.5 Å². The summed E-state index contributed by atoms with van der Waals surface area (Å²) in [5.41, 5.74) is 6.91. The molecule has 1 aromatic rings. The topological polar surface area (TPSA) is 60.2 Å². The number of hydrogen-bond donors (Lipinski definition) is 1. The first-order valence-electron chi connectivity index (χ1n) is 4.69. The fourth-order valence-corrected chi connectivity index (χ4v) is 3.57. The van der Waals surface area contributed by atoms with Crippen LogP contribution in [0.2, 0.25) is 0 Å². The highest BCUT2D eigenvalue weighted by atomic mass is 79.9. The van der Waals surface area contributed by atoms with Crippen LogP contribution in [0.3, 0.4) is 0 Å². The highest BCUT2D eigenvalue weighted by Gasteiger charge is 2.14. The minimum Gasteiger partial charge on any atom is -0.398 e. The molecular weight excluding hydrogens is 278 g/mol. The van der Waals surface area contributed by atoms with Crippen molar-refractivity contribution in [3.63, 3.8) is 0 Å². The summed E-state index contributed by atoms with van der Waals surface area (Å²) in [7, 11) is -3.04. The van der Waals surface area contributed by atoms with Crippen LogP contribution in [-0.4, -0.2) is 14.2 Å². The quantitative estimate of drug-likeness (QED) is 0.867. The van der Waals surface area contributed by atoms with Gasteiger partial charge in [0.15, 0.2) is 9.84 Å². The van der Waals surface area contributed by atoms with Gasteiger partial charge in [0.05, 0.1) is 11.5 Å². The zero-order valence-electron chi connectivity index (χ0n) is 8.53. The van der Waals surface area contributed by atoms with Crippen molar-refractivity contribution in [2.24, 2.45) is 0 Å². The standard InChI is InChI=1S/C10H14BrNO2S/c1-2-6-15(13,14)7-8-9(11)4-3-5-10(8)12/h3-5H,2,6-7,12H2,1H3. The normalized spacial score (nSPS) is 11.6. The summed E-state index contributed by atoms with van der Waals surface area (Å²) in [5.74, 6) is 0.210. The van der Waals surface area contributed by atoms with E-state index in [0.717, 1.165) is 4.47 Å². The number of nitrogen functional groups attached to an aromatic ring is 1. The van der Waals surface area contributed by atoms with Gasteiger partial charge in [0.2, 0.25) is 0 Å². The Morgan fingerprint density at radius 2 is 2.07 bits per heavy atom. The lowest BCUT2D eigenvalue weighted by Gasteiger charge is -2.08. The number of hydrogen-bond acceptors (Lipinski definition) is 3. The first kappa shape index (κ1) is 12.5. The van der Waals surface area contributed by atoms with Crippen LogP contribution in [0, 0.1) is 0 Å². The maximum atomic E-state index is 11.6. The molecule has 2 N–H and O–H groups in total. The highest BCUT2D eigenvalue weighted by molar-refractivity contribution is 9.10. The van der Waals surface area contributed by atoms with Crippen molar-refractivity contribution in [2.75, 3.05) is 11.5 Å². The summed E-state index contributed by atoms with van der Waals surface area (Å²) >= 11 is 3.31. The second-order valence-corrected chi connectivity index (χ2v) is 6.44. The van der Waals surface area contributed by atoms with Gasteiger partial charge in [-0.2, -0.15) is 0 Å². The number of sulfone groups is 1. The Morgan fingerprint density at radius 1 is 1.40 bits per heavy atom. The predicted molar refractivity (Wildman–Crippen MR) is 66.3 cm³/mol. The Balaban J connectivity index is 2.99. The van der Waals surface area contributed by atoms with E-state index in [1.165, 1.54) is 0 Å². The minimum atomic E-state index is -3.04. The van der Waals surface area contributed by atoms with Crippen molar-refractivity contribution in [3.05, 3.63) is 28.2 Å². The molecule has 15 heavy (non-hydrogen) atoms. The lowest BCUT2D eigenvalue weighted by Crippen LogP contribution is -2.10. The van der Waals surface area contributed by atoms with Crippen LogP contribution in [0.4, 0.5) is 5.69 Å². The van der Waals surface area contributed by atoms with Gasteiger partial charge in [-0.1, -0.05) is 28.9 Å². The number of rotatable bonds is 4. The van der Waals surface area contributed by atoms with Gasteiger partial charge in [-0.25, -0.2) is 8.42 Å². The summed E-state index contributed by atoms with van der Waals surface area (Å²) in [5, 5.41) is 0. The van der Waals surface area contributed by atoms with E-state index < -0.39 is 9.84 Å². The fraction of sp³-hybridized carbons (Fsp3) is 0.400. The largest absolute Gasteiger partial charge is 0.398 e. The van der Waals surface area contributed by atoms with E-state index in [2.05, 4.69) is 15.9 Å². The molecule has 0 bridgehead atoms. The Morgan fingerprint density at radius 3 is 2.60 bits per heavy atom. The van der Waals surface area contributed by atoms with E-state index in [9.17, 15) is 8.42 Å². The Bertz CT molecular complexity index is 422. The fourth-order valence-electron chi connectivity index (χ4n) is 1.33. The molecule has 0 atom stereocenters. The van der Waals surface area contributed by atoms with Gasteiger partial charge in [-0.15, -0.1) is 0 Å². The van der Waals surface area contributed by atoms with Gasteiger partial charge < -0.3 is 5.73 Å². The zero-order chi connectivity index (χ0) is 11.5. The summed E-state index contributed by atoms with van der Waals surface area (Å²) in [6.07, 6.45) is 0.632. The molecule has 0 fully saturated rings. The van der Waals surface area contributed by atoms with Crippen molar-refractivity contribution in [3.8, 4) is 0 Å². The molecule has 1 aromatic carbocycles. The molecular formula is C10H14BrNO2S. The van der Waals surface area contributed by atoms with Crippen LogP contribution in [0.25, 0.3) is 0 Å². The molecule has 0 aromatic heterocycles. The molecule has 0 aliphatic heterocycles. The van der Waals surface area contributed by atoms with Crippen molar-refractivity contribution in [2.45, 2.75) is 19.1 Å². The number of halogens is 1. The summed E-state index contributed by atoms with van der Waals surface area (Å²) in [4.78, 5) is 0. The number of benzene rings is 1. The molecule has 5 heteroatoms. The van der Waals surface area contributed by atoms with E-state index in [4.69, 9.17) is 5.73 Å². The molecule has 0 unspecified atom stereocenters. The van der Waals surface area contributed by atoms with Crippen molar-refractivity contribution in [1.29, 1.82) is 0 Å². The average molecular weight is 292 g/mol. The van der Waals surface area contributed by atoms with Gasteiger partial charge in [0.1, 0.15) is 0 Å². The Labute approximate surface area is 98.7 Å². The molecule has 1 rings (SSSR count). The molecule has 0 heterocycles. The van der Waals surface area contributed by atoms with E-state index in [0.29, 0.717) is 17.7 Å². The van der Waals surface area contributed by atoms with E-state index in [1.807, 2.05) is 6.92 Å². The molecule has 0 aliphatic rings. The van der Waals surface area contributed by atoms with Crippen LogP contribution in [0.15, 0.2) is 22.7 Å². The van der Waals surface area contributed by atoms with Crippen molar-refractivity contribution in [1.82, 2.24) is 0 Å². The molecule has 0 spiro atoms. The van der Waals surface area contributed by atoms with Crippen LogP contribution in [0.1, 0.15) is 18.9 Å². The molecule has 84 valence electrons. The molecule has 3 nitrogen and oxygen atoms in total. The Hall–Kier alpha value is -0.550. The van der Waals surface area contributed by atoms with Crippen LogP contribution in [-0.2, 0) is 15.6 Å². The van der Waals surface area contributed by atoms with Gasteiger partial charge >= 0.3 is 0 Å². The average Bonchev–Trinajstić information content (AvgIpc) is 2.11. The smallest absolute Gasteiger partial charge is 0.154 e. The molecule has 0 amide bonds. The van der Waals surface area contributed by atoms with Gasteiger partial charge in [-0.05, 0) is 18.6 Å². The van der Waals surface area contributed by atoms with Crippen molar-refractivity contribution >= 4 is 31.5 Å².